The summed E-state index contributed by atoms with van der Waals surface area (Å²) in [7, 11) is 0. The molecule has 1 aromatic carbocycles. The Labute approximate surface area is 168 Å². The molecule has 0 N–H and O–H groups in total. The summed E-state index contributed by atoms with van der Waals surface area (Å²) in [6, 6.07) is 5.45. The minimum absolute atomic E-state index is 0.0221. The number of carbonyl (C=O) groups excluding carboxylic acids is 2. The van der Waals surface area contributed by atoms with Crippen LogP contribution in [-0.4, -0.2) is 59.4 Å². The molecule has 2 heterocycles. The molecule has 5 nitrogen and oxygen atoms in total. The highest BCUT2D eigenvalue weighted by Gasteiger charge is 2.48. The molecule has 29 heavy (non-hydrogen) atoms. The average Bonchev–Trinajstić information content (AvgIpc) is 2.94. The van der Waals surface area contributed by atoms with Crippen molar-refractivity contribution in [2.75, 3.05) is 32.8 Å². The SMILES string of the molecule is O=C1[C@H]2CCCC[C@H]2C(=O)N1CN1CCN(Cc2cccc(C(F)(F)F)c2)CC1. The summed E-state index contributed by atoms with van der Waals surface area (Å²) in [6.07, 6.45) is -0.668. The first-order valence-corrected chi connectivity index (χ1v) is 10.3. The number of carbonyl (C=O) groups is 2. The molecule has 4 rings (SSSR count). The lowest BCUT2D eigenvalue weighted by molar-refractivity contribution is -0.143. The zero-order chi connectivity index (χ0) is 20.6. The summed E-state index contributed by atoms with van der Waals surface area (Å²) in [6.45, 7) is 3.56. The van der Waals surface area contributed by atoms with E-state index in [1.165, 1.54) is 17.0 Å². The van der Waals surface area contributed by atoms with Crippen LogP contribution in [0.3, 0.4) is 0 Å². The molecule has 1 aliphatic carbocycles. The van der Waals surface area contributed by atoms with E-state index in [0.717, 1.165) is 31.7 Å². The smallest absolute Gasteiger partial charge is 0.297 e. The number of alkyl halides is 3. The molecule has 1 saturated carbocycles. The first kappa shape index (κ1) is 20.3. The van der Waals surface area contributed by atoms with Gasteiger partial charge in [-0.1, -0.05) is 31.0 Å². The highest BCUT2D eigenvalue weighted by atomic mass is 19.4. The van der Waals surface area contributed by atoms with Crippen molar-refractivity contribution in [3.8, 4) is 0 Å². The summed E-state index contributed by atoms with van der Waals surface area (Å²) in [5.74, 6) is -0.297. The summed E-state index contributed by atoms with van der Waals surface area (Å²) < 4.78 is 38.7. The van der Waals surface area contributed by atoms with E-state index in [0.29, 0.717) is 45.0 Å². The molecule has 158 valence electrons. The minimum atomic E-state index is -4.33. The van der Waals surface area contributed by atoms with E-state index in [1.54, 1.807) is 6.07 Å². The Bertz CT molecular complexity index is 751. The molecule has 0 spiro atoms. The molecular formula is C21H26F3N3O2. The lowest BCUT2D eigenvalue weighted by atomic mass is 9.81. The van der Waals surface area contributed by atoms with Crippen LogP contribution in [0, 0.1) is 11.8 Å². The first-order valence-electron chi connectivity index (χ1n) is 10.3. The van der Waals surface area contributed by atoms with Gasteiger partial charge in [0.1, 0.15) is 0 Å². The summed E-state index contributed by atoms with van der Waals surface area (Å²) in [5.41, 5.74) is 0.0170. The van der Waals surface area contributed by atoms with Crippen LogP contribution >= 0.6 is 0 Å². The Balaban J connectivity index is 1.30. The van der Waals surface area contributed by atoms with Crippen LogP contribution in [0.4, 0.5) is 13.2 Å². The molecule has 8 heteroatoms. The second kappa shape index (κ2) is 8.07. The first-order chi connectivity index (χ1) is 13.8. The molecule has 0 radical (unpaired) electrons. The van der Waals surface area contributed by atoms with Crippen LogP contribution in [0.15, 0.2) is 24.3 Å². The fourth-order valence-electron chi connectivity index (χ4n) is 4.76. The lowest BCUT2D eigenvalue weighted by Crippen LogP contribution is -2.51. The molecule has 3 fully saturated rings. The molecule has 2 aliphatic heterocycles. The Morgan fingerprint density at radius 3 is 2.07 bits per heavy atom. The molecular weight excluding hydrogens is 383 g/mol. The zero-order valence-electron chi connectivity index (χ0n) is 16.3. The quantitative estimate of drug-likeness (QED) is 0.718. The van der Waals surface area contributed by atoms with Crippen molar-refractivity contribution in [1.29, 1.82) is 0 Å². The van der Waals surface area contributed by atoms with Gasteiger partial charge in [0.2, 0.25) is 11.8 Å². The second-order valence-electron chi connectivity index (χ2n) is 8.34. The van der Waals surface area contributed by atoms with Gasteiger partial charge in [0.25, 0.3) is 0 Å². The van der Waals surface area contributed by atoms with Gasteiger partial charge < -0.3 is 0 Å². The summed E-state index contributed by atoms with van der Waals surface area (Å²) in [4.78, 5) is 30.9. The number of halogens is 3. The summed E-state index contributed by atoms with van der Waals surface area (Å²) in [5, 5.41) is 0. The molecule has 3 aliphatic rings. The second-order valence-corrected chi connectivity index (χ2v) is 8.34. The van der Waals surface area contributed by atoms with E-state index in [-0.39, 0.29) is 23.7 Å². The van der Waals surface area contributed by atoms with Crippen molar-refractivity contribution in [1.82, 2.24) is 14.7 Å². The Hall–Kier alpha value is -1.93. The van der Waals surface area contributed by atoms with Crippen LogP contribution in [0.5, 0.6) is 0 Å². The van der Waals surface area contributed by atoms with Crippen LogP contribution in [0.2, 0.25) is 0 Å². The number of rotatable bonds is 4. The van der Waals surface area contributed by atoms with Gasteiger partial charge in [0.15, 0.2) is 0 Å². The molecule has 0 bridgehead atoms. The number of nitrogens with zero attached hydrogens (tertiary/aromatic N) is 3. The van der Waals surface area contributed by atoms with Gasteiger partial charge in [-0.05, 0) is 24.5 Å². The van der Waals surface area contributed by atoms with Crippen LogP contribution < -0.4 is 0 Å². The average molecular weight is 409 g/mol. The standard InChI is InChI=1S/C21H26F3N3O2/c22-21(23,24)16-5-3-4-15(12-16)13-25-8-10-26(11-9-25)14-27-19(28)17-6-1-2-7-18(17)20(27)29/h3-5,12,17-18H,1-2,6-11,13-14H2/t17-,18+. The molecule has 2 amide bonds. The normalized spacial score (nSPS) is 26.8. The van der Waals surface area contributed by atoms with E-state index < -0.39 is 11.7 Å². The van der Waals surface area contributed by atoms with Crippen LogP contribution in [0.25, 0.3) is 0 Å². The number of hydrogen-bond acceptors (Lipinski definition) is 4. The van der Waals surface area contributed by atoms with Crippen molar-refractivity contribution in [3.63, 3.8) is 0 Å². The van der Waals surface area contributed by atoms with Crippen molar-refractivity contribution in [3.05, 3.63) is 35.4 Å². The number of amides is 2. The fourth-order valence-corrected chi connectivity index (χ4v) is 4.76. The monoisotopic (exact) mass is 409 g/mol. The number of hydrogen-bond donors (Lipinski definition) is 0. The van der Waals surface area contributed by atoms with Crippen molar-refractivity contribution >= 4 is 11.8 Å². The van der Waals surface area contributed by atoms with E-state index in [4.69, 9.17) is 0 Å². The van der Waals surface area contributed by atoms with Gasteiger partial charge in [-0.15, -0.1) is 0 Å². The fraction of sp³-hybridized carbons (Fsp3) is 0.619. The number of likely N-dealkylation sites (tertiary alicyclic amines) is 1. The maximum atomic E-state index is 12.9. The van der Waals surface area contributed by atoms with Gasteiger partial charge in [-0.3, -0.25) is 24.3 Å². The van der Waals surface area contributed by atoms with E-state index >= 15 is 0 Å². The Kier molecular flexibility index (Phi) is 5.66. The minimum Gasteiger partial charge on any atom is -0.297 e. The number of piperazine rings is 1. The van der Waals surface area contributed by atoms with Gasteiger partial charge in [-0.2, -0.15) is 13.2 Å². The van der Waals surface area contributed by atoms with Gasteiger partial charge >= 0.3 is 6.18 Å². The van der Waals surface area contributed by atoms with Gasteiger partial charge in [0.05, 0.1) is 24.1 Å². The third-order valence-electron chi connectivity index (χ3n) is 6.40. The van der Waals surface area contributed by atoms with Crippen LogP contribution in [-0.2, 0) is 22.3 Å². The highest BCUT2D eigenvalue weighted by Crippen LogP contribution is 2.38. The number of imide groups is 1. The predicted molar refractivity (Wildman–Crippen MR) is 100 cm³/mol. The highest BCUT2D eigenvalue weighted by molar-refractivity contribution is 6.05. The van der Waals surface area contributed by atoms with Crippen LogP contribution in [0.1, 0.15) is 36.8 Å². The number of benzene rings is 1. The van der Waals surface area contributed by atoms with Gasteiger partial charge in [-0.25, -0.2) is 0 Å². The molecule has 0 aromatic heterocycles. The molecule has 2 saturated heterocycles. The Morgan fingerprint density at radius 1 is 0.897 bits per heavy atom. The topological polar surface area (TPSA) is 43.9 Å². The van der Waals surface area contributed by atoms with Crippen molar-refractivity contribution < 1.29 is 22.8 Å². The van der Waals surface area contributed by atoms with Gasteiger partial charge in [0, 0.05) is 32.7 Å². The third-order valence-corrected chi connectivity index (χ3v) is 6.40. The van der Waals surface area contributed by atoms with Crippen molar-refractivity contribution in [2.24, 2.45) is 11.8 Å². The predicted octanol–water partition coefficient (Wildman–Crippen LogP) is 2.96. The molecule has 0 unspecified atom stereocenters. The molecule has 1 aromatic rings. The maximum Gasteiger partial charge on any atom is 0.416 e. The van der Waals surface area contributed by atoms with E-state index in [2.05, 4.69) is 9.80 Å². The zero-order valence-corrected chi connectivity index (χ0v) is 16.3. The maximum absolute atomic E-state index is 12.9. The Morgan fingerprint density at radius 2 is 1.48 bits per heavy atom. The number of fused-ring (bicyclic) bond motifs is 1. The summed E-state index contributed by atoms with van der Waals surface area (Å²) >= 11 is 0. The lowest BCUT2D eigenvalue weighted by Gasteiger charge is -2.36. The molecule has 2 atom stereocenters. The van der Waals surface area contributed by atoms with E-state index in [9.17, 15) is 22.8 Å². The third kappa shape index (κ3) is 4.33. The van der Waals surface area contributed by atoms with E-state index in [1.807, 2.05) is 0 Å². The largest absolute Gasteiger partial charge is 0.416 e. The van der Waals surface area contributed by atoms with Crippen molar-refractivity contribution in [2.45, 2.75) is 38.4 Å².